The van der Waals surface area contributed by atoms with Gasteiger partial charge in [-0.3, -0.25) is 4.79 Å². The third-order valence-corrected chi connectivity index (χ3v) is 6.81. The zero-order valence-corrected chi connectivity index (χ0v) is 16.6. The molecule has 1 amide bonds. The summed E-state index contributed by atoms with van der Waals surface area (Å²) in [7, 11) is 0. The number of rotatable bonds is 6. The number of fused-ring (bicyclic) bond motifs is 1. The van der Waals surface area contributed by atoms with Gasteiger partial charge in [0.15, 0.2) is 4.34 Å². The fourth-order valence-corrected chi connectivity index (χ4v) is 5.00. The summed E-state index contributed by atoms with van der Waals surface area (Å²) in [6.07, 6.45) is 1.64. The second-order valence-corrected chi connectivity index (χ2v) is 8.88. The van der Waals surface area contributed by atoms with Crippen molar-refractivity contribution in [3.05, 3.63) is 82.0 Å². The van der Waals surface area contributed by atoms with Crippen LogP contribution in [0.1, 0.15) is 20.8 Å². The Morgan fingerprint density at radius 2 is 1.96 bits per heavy atom. The van der Waals surface area contributed by atoms with Crippen molar-refractivity contribution >= 4 is 56.8 Å². The molecule has 0 radical (unpaired) electrons. The van der Waals surface area contributed by atoms with Crippen LogP contribution in [0.4, 0.5) is 0 Å². The lowest BCUT2D eigenvalue weighted by atomic mass is 10.1. The predicted molar refractivity (Wildman–Crippen MR) is 115 cm³/mol. The lowest BCUT2D eigenvalue weighted by Crippen LogP contribution is -2.17. The number of amides is 1. The molecule has 1 N–H and O–H groups in total. The van der Waals surface area contributed by atoms with Gasteiger partial charge in [-0.1, -0.05) is 42.1 Å². The normalized spacial score (nSPS) is 11.3. The van der Waals surface area contributed by atoms with E-state index in [4.69, 9.17) is 0 Å². The molecule has 2 aromatic carbocycles. The summed E-state index contributed by atoms with van der Waals surface area (Å²) in [5.74, 6) is 0.603. The van der Waals surface area contributed by atoms with Crippen LogP contribution >= 0.6 is 34.4 Å². The average molecular weight is 410 g/mol. The van der Waals surface area contributed by atoms with Crippen LogP contribution in [0.15, 0.2) is 75.5 Å². The van der Waals surface area contributed by atoms with E-state index in [1.165, 1.54) is 4.70 Å². The predicted octanol–water partition coefficient (Wildman–Crippen LogP) is 5.41. The number of hydrogen-bond donors (Lipinski definition) is 1. The van der Waals surface area contributed by atoms with E-state index in [1.54, 1.807) is 40.7 Å². The summed E-state index contributed by atoms with van der Waals surface area (Å²) in [4.78, 5) is 17.8. The van der Waals surface area contributed by atoms with Gasteiger partial charge >= 0.3 is 0 Å². The number of nitrogens with one attached hydrogen (secondary N) is 1. The first kappa shape index (κ1) is 17.9. The van der Waals surface area contributed by atoms with Crippen LogP contribution in [0.25, 0.3) is 10.2 Å². The molecule has 4 rings (SSSR count). The van der Waals surface area contributed by atoms with E-state index in [2.05, 4.69) is 21.6 Å². The van der Waals surface area contributed by atoms with Gasteiger partial charge in [0.05, 0.1) is 16.4 Å². The Morgan fingerprint density at radius 1 is 1.11 bits per heavy atom. The molecule has 0 unspecified atom stereocenters. The second-order valence-electron chi connectivity index (χ2n) is 5.65. The van der Waals surface area contributed by atoms with Gasteiger partial charge in [-0.15, -0.1) is 22.7 Å². The Bertz CT molecular complexity index is 1040. The van der Waals surface area contributed by atoms with Gasteiger partial charge in [-0.05, 0) is 41.3 Å². The molecule has 7 heteroatoms. The lowest BCUT2D eigenvalue weighted by Gasteiger charge is -2.02. The number of para-hydroxylation sites is 1. The molecule has 27 heavy (non-hydrogen) atoms. The monoisotopic (exact) mass is 409 g/mol. The molecule has 0 saturated heterocycles. The minimum atomic E-state index is -0.215. The number of thioether (sulfide) groups is 1. The standard InChI is InChI=1S/C20H15N3OS3/c24-19(23-21-12-16-4-3-11-25-16)15-9-7-14(8-10-15)13-26-20-22-17-5-1-2-6-18(17)27-20/h1-12H,13H2,(H,23,24)/b21-12-. The molecule has 4 aromatic rings. The molecule has 0 aliphatic heterocycles. The van der Waals surface area contributed by atoms with Crippen molar-refractivity contribution in [1.29, 1.82) is 0 Å². The van der Waals surface area contributed by atoms with Gasteiger partial charge in [0, 0.05) is 16.2 Å². The van der Waals surface area contributed by atoms with Crippen LogP contribution in [0.5, 0.6) is 0 Å². The number of hydrogen-bond acceptors (Lipinski definition) is 6. The Kier molecular flexibility index (Phi) is 5.62. The smallest absolute Gasteiger partial charge is 0.267 e. The molecular weight excluding hydrogens is 394 g/mol. The number of benzene rings is 2. The Balaban J connectivity index is 1.33. The highest BCUT2D eigenvalue weighted by Gasteiger charge is 2.06. The highest BCUT2D eigenvalue weighted by Crippen LogP contribution is 2.31. The molecule has 0 bridgehead atoms. The number of thiazole rings is 1. The van der Waals surface area contributed by atoms with Crippen molar-refractivity contribution in [2.45, 2.75) is 10.1 Å². The van der Waals surface area contributed by atoms with Crippen molar-refractivity contribution in [2.24, 2.45) is 5.10 Å². The molecule has 4 nitrogen and oxygen atoms in total. The molecule has 0 aliphatic carbocycles. The summed E-state index contributed by atoms with van der Waals surface area (Å²) in [6.45, 7) is 0. The number of nitrogens with zero attached hydrogens (tertiary/aromatic N) is 2. The van der Waals surface area contributed by atoms with E-state index in [1.807, 2.05) is 60.0 Å². The van der Waals surface area contributed by atoms with E-state index in [-0.39, 0.29) is 5.91 Å². The summed E-state index contributed by atoms with van der Waals surface area (Å²) in [6, 6.07) is 19.6. The van der Waals surface area contributed by atoms with Crippen LogP contribution in [0, 0.1) is 0 Å². The molecule has 0 spiro atoms. The molecule has 0 fully saturated rings. The maximum Gasteiger partial charge on any atom is 0.271 e. The minimum absolute atomic E-state index is 0.215. The number of carbonyl (C=O) groups is 1. The van der Waals surface area contributed by atoms with Crippen LogP contribution in [0.2, 0.25) is 0 Å². The SMILES string of the molecule is O=C(N/N=C\c1cccs1)c1ccc(CSc2nc3ccccc3s2)cc1. The van der Waals surface area contributed by atoms with Crippen molar-refractivity contribution in [1.82, 2.24) is 10.4 Å². The number of aromatic nitrogens is 1. The van der Waals surface area contributed by atoms with Crippen LogP contribution in [-0.4, -0.2) is 17.1 Å². The van der Waals surface area contributed by atoms with E-state index < -0.39 is 0 Å². The summed E-state index contributed by atoms with van der Waals surface area (Å²) in [5.41, 5.74) is 5.34. The van der Waals surface area contributed by atoms with Gasteiger partial charge in [-0.25, -0.2) is 10.4 Å². The van der Waals surface area contributed by atoms with Gasteiger partial charge < -0.3 is 0 Å². The van der Waals surface area contributed by atoms with Gasteiger partial charge in [0.1, 0.15) is 0 Å². The van der Waals surface area contributed by atoms with Gasteiger partial charge in [0.2, 0.25) is 0 Å². The third-order valence-electron chi connectivity index (χ3n) is 3.75. The highest BCUT2D eigenvalue weighted by molar-refractivity contribution is 8.00. The molecular formula is C20H15N3OS3. The van der Waals surface area contributed by atoms with Crippen molar-refractivity contribution in [3.8, 4) is 0 Å². The van der Waals surface area contributed by atoms with Crippen LogP contribution in [-0.2, 0) is 5.75 Å². The number of thiophene rings is 1. The molecule has 0 saturated carbocycles. The Hall–Kier alpha value is -2.48. The molecule has 134 valence electrons. The zero-order valence-electron chi connectivity index (χ0n) is 14.2. The maximum atomic E-state index is 12.1. The van der Waals surface area contributed by atoms with Crippen molar-refractivity contribution in [2.75, 3.05) is 0 Å². The number of hydrazone groups is 1. The van der Waals surface area contributed by atoms with Crippen molar-refractivity contribution < 1.29 is 4.79 Å². The average Bonchev–Trinajstić information content (AvgIpc) is 3.36. The fourth-order valence-electron chi connectivity index (χ4n) is 2.39. The van der Waals surface area contributed by atoms with Crippen LogP contribution in [0.3, 0.4) is 0 Å². The molecule has 0 atom stereocenters. The van der Waals surface area contributed by atoms with E-state index in [0.29, 0.717) is 5.56 Å². The number of carbonyl (C=O) groups excluding carboxylic acids is 1. The third kappa shape index (κ3) is 4.63. The summed E-state index contributed by atoms with van der Waals surface area (Å²) >= 11 is 4.99. The van der Waals surface area contributed by atoms with Crippen LogP contribution < -0.4 is 5.43 Å². The van der Waals surface area contributed by atoms with Gasteiger partial charge in [0.25, 0.3) is 5.91 Å². The van der Waals surface area contributed by atoms with E-state index in [0.717, 1.165) is 26.0 Å². The Morgan fingerprint density at radius 3 is 2.74 bits per heavy atom. The first-order valence-corrected chi connectivity index (χ1v) is 10.9. The zero-order chi connectivity index (χ0) is 18.5. The summed E-state index contributed by atoms with van der Waals surface area (Å²) in [5, 5.41) is 5.95. The largest absolute Gasteiger partial charge is 0.271 e. The quantitative estimate of drug-likeness (QED) is 0.263. The topological polar surface area (TPSA) is 54.4 Å². The molecule has 2 aromatic heterocycles. The van der Waals surface area contributed by atoms with E-state index >= 15 is 0 Å². The van der Waals surface area contributed by atoms with Crippen molar-refractivity contribution in [3.63, 3.8) is 0 Å². The first-order chi connectivity index (χ1) is 13.3. The first-order valence-electron chi connectivity index (χ1n) is 8.22. The summed E-state index contributed by atoms with van der Waals surface area (Å²) < 4.78 is 2.26. The minimum Gasteiger partial charge on any atom is -0.267 e. The Labute approximate surface area is 169 Å². The highest BCUT2D eigenvalue weighted by atomic mass is 32.2. The fraction of sp³-hybridized carbons (Fsp3) is 0.0500. The molecule has 0 aliphatic rings. The molecule has 2 heterocycles. The second kappa shape index (κ2) is 8.47. The van der Waals surface area contributed by atoms with Gasteiger partial charge in [-0.2, -0.15) is 5.10 Å². The van der Waals surface area contributed by atoms with E-state index in [9.17, 15) is 4.79 Å². The maximum absolute atomic E-state index is 12.1. The lowest BCUT2D eigenvalue weighted by molar-refractivity contribution is 0.0955.